The van der Waals surface area contributed by atoms with Crippen LogP contribution in [0.5, 0.6) is 34.5 Å². The summed E-state index contributed by atoms with van der Waals surface area (Å²) in [5.41, 5.74) is 21.3. The van der Waals surface area contributed by atoms with Crippen LogP contribution in [0.2, 0.25) is 0 Å². The molecule has 446 valence electrons. The molecule has 0 aliphatic carbocycles. The Morgan fingerprint density at radius 1 is 0.178 bits per heavy atom. The molecule has 0 atom stereocenters. The number of hydrogen-bond donors (Lipinski definition) is 0. The minimum Gasteiger partial charge on any atom is -0.497 e. The van der Waals surface area contributed by atoms with Crippen molar-refractivity contribution in [3.63, 3.8) is 0 Å². The maximum absolute atomic E-state index is 5.61. The van der Waals surface area contributed by atoms with E-state index in [1.54, 1.807) is 42.7 Å². The van der Waals surface area contributed by atoms with Crippen LogP contribution in [0.15, 0.2) is 279 Å². The van der Waals surface area contributed by atoms with Crippen LogP contribution in [-0.4, -0.2) is 42.7 Å². The van der Waals surface area contributed by atoms with E-state index in [1.807, 2.05) is 72.8 Å². The maximum Gasteiger partial charge on any atom is 0.119 e. The van der Waals surface area contributed by atoms with Crippen LogP contribution in [0, 0.1) is 13.8 Å². The van der Waals surface area contributed by atoms with Gasteiger partial charge in [0.05, 0.1) is 42.7 Å². The van der Waals surface area contributed by atoms with E-state index >= 15 is 0 Å². The Hall–Kier alpha value is -11.4. The molecule has 10 nitrogen and oxygen atoms in total. The number of rotatable bonds is 21. The lowest BCUT2D eigenvalue weighted by molar-refractivity contribution is 0.414. The Kier molecular flexibility index (Phi) is 17.5. The summed E-state index contributed by atoms with van der Waals surface area (Å²) >= 11 is 0. The molecule has 0 amide bonds. The molecule has 0 bridgehead atoms. The van der Waals surface area contributed by atoms with Gasteiger partial charge in [0.15, 0.2) is 0 Å². The van der Waals surface area contributed by atoms with Gasteiger partial charge in [-0.15, -0.1) is 0 Å². The fourth-order valence-corrected chi connectivity index (χ4v) is 11.5. The third kappa shape index (κ3) is 12.6. The summed E-state index contributed by atoms with van der Waals surface area (Å²) < 4.78 is 33.2. The molecule has 90 heavy (non-hydrogen) atoms. The second-order valence-electron chi connectivity index (χ2n) is 21.7. The molecule has 0 N–H and O–H groups in total. The molecule has 0 spiro atoms. The van der Waals surface area contributed by atoms with Crippen molar-refractivity contribution in [3.8, 4) is 67.9 Å². The van der Waals surface area contributed by atoms with E-state index in [1.165, 1.54) is 0 Å². The molecular formula is C80H70N4O6. The van der Waals surface area contributed by atoms with Crippen LogP contribution < -0.4 is 48.0 Å². The van der Waals surface area contributed by atoms with Gasteiger partial charge < -0.3 is 48.0 Å². The molecule has 12 rings (SSSR count). The fourth-order valence-electron chi connectivity index (χ4n) is 11.5. The Morgan fingerprint density at radius 3 is 0.500 bits per heavy atom. The van der Waals surface area contributed by atoms with Crippen molar-refractivity contribution < 1.29 is 28.4 Å². The second-order valence-corrected chi connectivity index (χ2v) is 21.7. The van der Waals surface area contributed by atoms with Crippen molar-refractivity contribution in [2.24, 2.45) is 0 Å². The van der Waals surface area contributed by atoms with E-state index < -0.39 is 0 Å². The van der Waals surface area contributed by atoms with Gasteiger partial charge in [-0.1, -0.05) is 60.7 Å². The Balaban J connectivity index is 0.811. The number of anilines is 12. The molecule has 0 saturated carbocycles. The first-order valence-corrected chi connectivity index (χ1v) is 29.8. The van der Waals surface area contributed by atoms with Crippen LogP contribution in [0.4, 0.5) is 68.2 Å². The average molecular weight is 1180 g/mol. The number of ether oxygens (including phenoxy) is 6. The zero-order valence-corrected chi connectivity index (χ0v) is 51.8. The highest BCUT2D eigenvalue weighted by atomic mass is 16.5. The van der Waals surface area contributed by atoms with Gasteiger partial charge in [0.25, 0.3) is 0 Å². The zero-order chi connectivity index (χ0) is 62.1. The Bertz CT molecular complexity index is 3950. The minimum absolute atomic E-state index is 0.797. The van der Waals surface area contributed by atoms with Crippen LogP contribution in [-0.2, 0) is 0 Å². The molecule has 12 aromatic carbocycles. The summed E-state index contributed by atoms with van der Waals surface area (Å²) in [6, 6.07) is 97.5. The van der Waals surface area contributed by atoms with E-state index in [9.17, 15) is 0 Å². The lowest BCUT2D eigenvalue weighted by atomic mass is 9.98. The first kappa shape index (κ1) is 59.0. The summed E-state index contributed by atoms with van der Waals surface area (Å²) in [7, 11) is 10.1. The molecule has 0 aliphatic heterocycles. The monoisotopic (exact) mass is 1180 g/mol. The van der Waals surface area contributed by atoms with Gasteiger partial charge in [0, 0.05) is 68.2 Å². The number of aryl methyl sites for hydroxylation is 2. The van der Waals surface area contributed by atoms with E-state index in [0.717, 1.165) is 147 Å². The van der Waals surface area contributed by atoms with Crippen molar-refractivity contribution in [1.82, 2.24) is 0 Å². The van der Waals surface area contributed by atoms with Gasteiger partial charge in [-0.2, -0.15) is 0 Å². The smallest absolute Gasteiger partial charge is 0.119 e. The largest absolute Gasteiger partial charge is 0.497 e. The molecule has 0 saturated heterocycles. The quantitative estimate of drug-likeness (QED) is 0.0695. The number of benzene rings is 12. The molecule has 12 aromatic rings. The van der Waals surface area contributed by atoms with E-state index in [4.69, 9.17) is 28.4 Å². The van der Waals surface area contributed by atoms with Gasteiger partial charge in [0.2, 0.25) is 0 Å². The third-order valence-electron chi connectivity index (χ3n) is 16.4. The summed E-state index contributed by atoms with van der Waals surface area (Å²) in [5, 5.41) is 0. The lowest BCUT2D eigenvalue weighted by Gasteiger charge is -2.28. The van der Waals surface area contributed by atoms with Gasteiger partial charge in [-0.25, -0.2) is 0 Å². The van der Waals surface area contributed by atoms with Gasteiger partial charge >= 0.3 is 0 Å². The summed E-state index contributed by atoms with van der Waals surface area (Å²) in [6.07, 6.45) is 0. The highest BCUT2D eigenvalue weighted by molar-refractivity contribution is 5.86. The normalized spacial score (nSPS) is 10.9. The third-order valence-corrected chi connectivity index (χ3v) is 16.4. The Morgan fingerprint density at radius 2 is 0.333 bits per heavy atom. The Labute approximate surface area is 528 Å². The number of nitrogens with zero attached hydrogens (tertiary/aromatic N) is 4. The molecule has 0 aliphatic rings. The summed E-state index contributed by atoms with van der Waals surface area (Å²) in [4.78, 5) is 9.09. The maximum atomic E-state index is 5.61. The topological polar surface area (TPSA) is 68.3 Å². The number of methoxy groups -OCH3 is 6. The summed E-state index contributed by atoms with van der Waals surface area (Å²) in [6.45, 7) is 4.38. The highest BCUT2D eigenvalue weighted by Crippen LogP contribution is 2.44. The van der Waals surface area contributed by atoms with Crippen LogP contribution in [0.3, 0.4) is 0 Å². The van der Waals surface area contributed by atoms with Gasteiger partial charge in [0.1, 0.15) is 34.5 Å². The highest BCUT2D eigenvalue weighted by Gasteiger charge is 2.21. The van der Waals surface area contributed by atoms with Crippen molar-refractivity contribution >= 4 is 68.2 Å². The van der Waals surface area contributed by atoms with E-state index in [-0.39, 0.29) is 0 Å². The van der Waals surface area contributed by atoms with Crippen LogP contribution in [0.25, 0.3) is 33.4 Å². The second kappa shape index (κ2) is 26.7. The SMILES string of the molecule is COc1ccc(N(c2ccc(OC)cc2)c2ccc(-c3ccc(N(c4ccc(OC)cc4)c4ccc(-c5ccc(N(c6ccc(OC)cc6)c6ccc(-c7ccc(N(c8ccc(OC)cc8)c8ccc(OC)cc8)cc7)cc6)c(C)c5)cc4C)cc3)cc2)cc1. The van der Waals surface area contributed by atoms with Crippen molar-refractivity contribution in [1.29, 1.82) is 0 Å². The van der Waals surface area contributed by atoms with E-state index in [0.29, 0.717) is 0 Å². The molecular weight excluding hydrogens is 1110 g/mol. The first-order chi connectivity index (χ1) is 44.1. The molecule has 0 heterocycles. The van der Waals surface area contributed by atoms with Gasteiger partial charge in [-0.3, -0.25) is 0 Å². The van der Waals surface area contributed by atoms with Crippen molar-refractivity contribution in [3.05, 3.63) is 290 Å². The van der Waals surface area contributed by atoms with Crippen molar-refractivity contribution in [2.75, 3.05) is 62.3 Å². The molecule has 10 heteroatoms. The lowest BCUT2D eigenvalue weighted by Crippen LogP contribution is -2.12. The standard InChI is InChI=1S/C80H70N4O6/c1-55-53-61(17-51-79(55)83(71-35-47-77(89-7)48-36-71)69-23-13-59(14-24-69)57-9-19-63(20-10-57)81(65-27-39-73(85-3)40-28-65)66-29-41-74(86-4)42-30-66)62-18-52-80(56(2)54-62)84(72-37-49-78(90-8)50-38-72)70-25-15-60(16-26-70)58-11-21-64(22-12-58)82(67-31-43-75(87-5)44-32-67)68-33-45-76(88-6)46-34-68/h9-54H,1-8H3. The van der Waals surface area contributed by atoms with E-state index in [2.05, 4.69) is 240 Å². The minimum atomic E-state index is 0.797. The number of hydrogen-bond acceptors (Lipinski definition) is 10. The molecule has 0 radical (unpaired) electrons. The zero-order valence-electron chi connectivity index (χ0n) is 51.8. The average Bonchev–Trinajstić information content (AvgIpc) is 1.03. The fraction of sp³-hybridized carbons (Fsp3) is 0.100. The molecule has 0 fully saturated rings. The van der Waals surface area contributed by atoms with Crippen molar-refractivity contribution in [2.45, 2.75) is 13.8 Å². The predicted molar refractivity (Wildman–Crippen MR) is 370 cm³/mol. The predicted octanol–water partition coefficient (Wildman–Crippen LogP) is 21.2. The molecule has 0 unspecified atom stereocenters. The summed E-state index contributed by atoms with van der Waals surface area (Å²) in [5.74, 6) is 4.80. The van der Waals surface area contributed by atoms with Crippen LogP contribution >= 0.6 is 0 Å². The molecule has 0 aromatic heterocycles. The first-order valence-electron chi connectivity index (χ1n) is 29.8. The van der Waals surface area contributed by atoms with Gasteiger partial charge in [-0.05, 0) is 277 Å². The van der Waals surface area contributed by atoms with Crippen LogP contribution in [0.1, 0.15) is 11.1 Å².